The van der Waals surface area contributed by atoms with Gasteiger partial charge < -0.3 is 15.5 Å². The van der Waals surface area contributed by atoms with Crippen molar-refractivity contribution in [3.63, 3.8) is 0 Å². The average molecular weight is 269 g/mol. The summed E-state index contributed by atoms with van der Waals surface area (Å²) in [5, 5.41) is 6.24. The molecule has 0 aromatic rings. The first-order chi connectivity index (χ1) is 9.00. The molecule has 0 radical (unpaired) electrons. The maximum Gasteiger partial charge on any atom is 0.234 e. The number of nitrogens with zero attached hydrogens (tertiary/aromatic N) is 1. The molecule has 0 saturated heterocycles. The van der Waals surface area contributed by atoms with Gasteiger partial charge in [0.2, 0.25) is 5.91 Å². The van der Waals surface area contributed by atoms with Gasteiger partial charge in [0.15, 0.2) is 0 Å². The second-order valence-corrected chi connectivity index (χ2v) is 6.20. The maximum atomic E-state index is 11.7. The monoisotopic (exact) mass is 269 g/mol. The van der Waals surface area contributed by atoms with Crippen LogP contribution in [0.2, 0.25) is 0 Å². The Morgan fingerprint density at radius 2 is 1.89 bits per heavy atom. The molecular weight excluding hydrogens is 238 g/mol. The minimum Gasteiger partial charge on any atom is -0.352 e. The quantitative estimate of drug-likeness (QED) is 0.658. The van der Waals surface area contributed by atoms with Gasteiger partial charge in [0, 0.05) is 25.2 Å². The third-order valence-corrected chi connectivity index (χ3v) is 4.26. The molecule has 0 aromatic carbocycles. The molecule has 4 heteroatoms. The Balaban J connectivity index is 2.05. The zero-order valence-electron chi connectivity index (χ0n) is 13.0. The summed E-state index contributed by atoms with van der Waals surface area (Å²) in [5.74, 6) is 0.585. The summed E-state index contributed by atoms with van der Waals surface area (Å²) < 4.78 is 0. The van der Waals surface area contributed by atoms with E-state index in [0.717, 1.165) is 19.1 Å². The SMILES string of the molecule is CC(C)C(C)NC(=O)CNCCN(C)C1CCCC1. The number of hydrogen-bond donors (Lipinski definition) is 2. The molecule has 0 spiro atoms. The Kier molecular flexibility index (Phi) is 7.39. The topological polar surface area (TPSA) is 44.4 Å². The molecule has 112 valence electrons. The molecule has 0 bridgehead atoms. The third-order valence-electron chi connectivity index (χ3n) is 4.26. The normalized spacial score (nSPS) is 18.2. The van der Waals surface area contributed by atoms with Crippen molar-refractivity contribution in [3.05, 3.63) is 0 Å². The second-order valence-electron chi connectivity index (χ2n) is 6.20. The van der Waals surface area contributed by atoms with E-state index in [1.807, 2.05) is 0 Å². The zero-order chi connectivity index (χ0) is 14.3. The fraction of sp³-hybridized carbons (Fsp3) is 0.933. The lowest BCUT2D eigenvalue weighted by Gasteiger charge is -2.24. The molecule has 1 amide bonds. The number of nitrogens with one attached hydrogen (secondary N) is 2. The second kappa shape index (κ2) is 8.54. The highest BCUT2D eigenvalue weighted by atomic mass is 16.1. The Bertz CT molecular complexity index is 262. The molecular formula is C15H31N3O. The fourth-order valence-electron chi connectivity index (χ4n) is 2.46. The molecule has 1 aliphatic carbocycles. The van der Waals surface area contributed by atoms with Gasteiger partial charge in [0.05, 0.1) is 6.54 Å². The van der Waals surface area contributed by atoms with E-state index in [2.05, 4.69) is 43.4 Å². The standard InChI is InChI=1S/C15H31N3O/c1-12(2)13(3)17-15(19)11-16-9-10-18(4)14-7-5-6-8-14/h12-14,16H,5-11H2,1-4H3,(H,17,19). The van der Waals surface area contributed by atoms with E-state index in [4.69, 9.17) is 0 Å². The lowest BCUT2D eigenvalue weighted by atomic mass is 10.1. The lowest BCUT2D eigenvalue weighted by molar-refractivity contribution is -0.121. The highest BCUT2D eigenvalue weighted by Crippen LogP contribution is 2.21. The molecule has 1 atom stereocenters. The summed E-state index contributed by atoms with van der Waals surface area (Å²) >= 11 is 0. The molecule has 1 aliphatic rings. The van der Waals surface area contributed by atoms with Gasteiger partial charge in [0.25, 0.3) is 0 Å². The van der Waals surface area contributed by atoms with Crippen molar-refractivity contribution < 1.29 is 4.79 Å². The number of rotatable bonds is 8. The van der Waals surface area contributed by atoms with Crippen molar-refractivity contribution >= 4 is 5.91 Å². The van der Waals surface area contributed by atoms with E-state index in [1.165, 1.54) is 25.7 Å². The average Bonchev–Trinajstić information content (AvgIpc) is 2.88. The van der Waals surface area contributed by atoms with Gasteiger partial charge in [-0.25, -0.2) is 0 Å². The summed E-state index contributed by atoms with van der Waals surface area (Å²) in [4.78, 5) is 14.1. The van der Waals surface area contributed by atoms with Crippen LogP contribution in [0, 0.1) is 5.92 Å². The van der Waals surface area contributed by atoms with Gasteiger partial charge in [-0.15, -0.1) is 0 Å². The van der Waals surface area contributed by atoms with Gasteiger partial charge in [0.1, 0.15) is 0 Å². The third kappa shape index (κ3) is 6.39. The Morgan fingerprint density at radius 3 is 2.47 bits per heavy atom. The van der Waals surface area contributed by atoms with Crippen LogP contribution >= 0.6 is 0 Å². The minimum atomic E-state index is 0.102. The van der Waals surface area contributed by atoms with Gasteiger partial charge in [-0.1, -0.05) is 26.7 Å². The van der Waals surface area contributed by atoms with E-state index >= 15 is 0 Å². The summed E-state index contributed by atoms with van der Waals surface area (Å²) in [5.41, 5.74) is 0. The van der Waals surface area contributed by atoms with E-state index in [0.29, 0.717) is 12.5 Å². The summed E-state index contributed by atoms with van der Waals surface area (Å²) in [6.45, 7) is 8.63. The number of carbonyl (C=O) groups excluding carboxylic acids is 1. The van der Waals surface area contributed by atoms with Crippen LogP contribution in [-0.2, 0) is 4.79 Å². The van der Waals surface area contributed by atoms with E-state index in [9.17, 15) is 4.79 Å². The van der Waals surface area contributed by atoms with Crippen molar-refractivity contribution in [1.82, 2.24) is 15.5 Å². The number of likely N-dealkylation sites (N-methyl/N-ethyl adjacent to an activating group) is 1. The number of amides is 1. The van der Waals surface area contributed by atoms with Crippen LogP contribution in [0.5, 0.6) is 0 Å². The predicted octanol–water partition coefficient (Wildman–Crippen LogP) is 1.61. The minimum absolute atomic E-state index is 0.102. The van der Waals surface area contributed by atoms with Crippen LogP contribution in [0.15, 0.2) is 0 Å². The van der Waals surface area contributed by atoms with Crippen LogP contribution in [0.3, 0.4) is 0 Å². The van der Waals surface area contributed by atoms with Crippen molar-refractivity contribution in [2.45, 2.75) is 58.5 Å². The van der Waals surface area contributed by atoms with Crippen molar-refractivity contribution in [2.24, 2.45) is 5.92 Å². The Morgan fingerprint density at radius 1 is 1.26 bits per heavy atom. The number of hydrogen-bond acceptors (Lipinski definition) is 3. The molecule has 1 unspecified atom stereocenters. The largest absolute Gasteiger partial charge is 0.352 e. The zero-order valence-corrected chi connectivity index (χ0v) is 13.0. The molecule has 1 rings (SSSR count). The first-order valence-corrected chi connectivity index (χ1v) is 7.71. The van der Waals surface area contributed by atoms with Crippen LogP contribution in [0.1, 0.15) is 46.5 Å². The van der Waals surface area contributed by atoms with Crippen LogP contribution < -0.4 is 10.6 Å². The summed E-state index contributed by atoms with van der Waals surface area (Å²) in [6.07, 6.45) is 5.42. The van der Waals surface area contributed by atoms with Crippen molar-refractivity contribution in [2.75, 3.05) is 26.7 Å². The maximum absolute atomic E-state index is 11.7. The predicted molar refractivity (Wildman–Crippen MR) is 80.2 cm³/mol. The van der Waals surface area contributed by atoms with Gasteiger partial charge in [-0.3, -0.25) is 4.79 Å². The summed E-state index contributed by atoms with van der Waals surface area (Å²) in [7, 11) is 2.19. The molecule has 19 heavy (non-hydrogen) atoms. The molecule has 2 N–H and O–H groups in total. The highest BCUT2D eigenvalue weighted by Gasteiger charge is 2.18. The van der Waals surface area contributed by atoms with Crippen LogP contribution in [-0.4, -0.2) is 49.6 Å². The smallest absolute Gasteiger partial charge is 0.234 e. The van der Waals surface area contributed by atoms with Gasteiger partial charge >= 0.3 is 0 Å². The van der Waals surface area contributed by atoms with Crippen LogP contribution in [0.4, 0.5) is 0 Å². The Hall–Kier alpha value is -0.610. The highest BCUT2D eigenvalue weighted by molar-refractivity contribution is 5.78. The Labute approximate surface area is 118 Å². The molecule has 0 aromatic heterocycles. The molecule has 1 fully saturated rings. The lowest BCUT2D eigenvalue weighted by Crippen LogP contribution is -2.43. The van der Waals surface area contributed by atoms with E-state index in [-0.39, 0.29) is 11.9 Å². The van der Waals surface area contributed by atoms with Crippen LogP contribution in [0.25, 0.3) is 0 Å². The molecule has 0 aliphatic heterocycles. The van der Waals surface area contributed by atoms with Gasteiger partial charge in [-0.05, 0) is 32.7 Å². The van der Waals surface area contributed by atoms with E-state index in [1.54, 1.807) is 0 Å². The van der Waals surface area contributed by atoms with Crippen molar-refractivity contribution in [3.8, 4) is 0 Å². The molecule has 4 nitrogen and oxygen atoms in total. The van der Waals surface area contributed by atoms with Gasteiger partial charge in [-0.2, -0.15) is 0 Å². The molecule has 1 saturated carbocycles. The molecule has 0 heterocycles. The summed E-state index contributed by atoms with van der Waals surface area (Å²) in [6, 6.07) is 1.01. The fourth-order valence-corrected chi connectivity index (χ4v) is 2.46. The first-order valence-electron chi connectivity index (χ1n) is 7.71. The number of carbonyl (C=O) groups is 1. The first kappa shape index (κ1) is 16.4. The van der Waals surface area contributed by atoms with E-state index < -0.39 is 0 Å². The van der Waals surface area contributed by atoms with Crippen molar-refractivity contribution in [1.29, 1.82) is 0 Å².